The van der Waals surface area contributed by atoms with Crippen LogP contribution in [-0.2, 0) is 4.74 Å². The molecule has 5 heteroatoms. The highest BCUT2D eigenvalue weighted by Crippen LogP contribution is 2.13. The third-order valence-corrected chi connectivity index (χ3v) is 3.36. The highest BCUT2D eigenvalue weighted by Gasteiger charge is 2.13. The van der Waals surface area contributed by atoms with Crippen LogP contribution >= 0.6 is 0 Å². The largest absolute Gasteiger partial charge is 0.381 e. The molecule has 0 bridgehead atoms. The fourth-order valence-corrected chi connectivity index (χ4v) is 2.37. The summed E-state index contributed by atoms with van der Waals surface area (Å²) in [4.78, 5) is 6.76. The maximum Gasteiger partial charge on any atom is 0.127 e. The molecule has 1 aliphatic rings. The Balaban J connectivity index is 1.81. The molecule has 1 aliphatic heterocycles. The van der Waals surface area contributed by atoms with E-state index in [1.807, 2.05) is 12.3 Å². The fraction of sp³-hybridized carbons (Fsp3) is 0.667. The number of ether oxygens (including phenoxy) is 1. The third-order valence-electron chi connectivity index (χ3n) is 3.36. The minimum atomic E-state index is 0.412. The Morgan fingerprint density at radius 3 is 2.95 bits per heavy atom. The second-order valence-electron chi connectivity index (χ2n) is 5.31. The van der Waals surface area contributed by atoms with Crippen molar-refractivity contribution >= 4 is 11.5 Å². The molecule has 0 amide bonds. The van der Waals surface area contributed by atoms with Crippen molar-refractivity contribution in [1.29, 1.82) is 0 Å². The van der Waals surface area contributed by atoms with Gasteiger partial charge in [0.05, 0.1) is 13.2 Å². The van der Waals surface area contributed by atoms with Crippen LogP contribution in [0.1, 0.15) is 20.3 Å². The molecule has 1 unspecified atom stereocenters. The number of pyridine rings is 1. The lowest BCUT2D eigenvalue weighted by atomic mass is 10.2. The summed E-state index contributed by atoms with van der Waals surface area (Å²) in [6.07, 6.45) is 2.95. The molecule has 1 aromatic heterocycles. The predicted octanol–water partition coefficient (Wildman–Crippen LogP) is 2.04. The van der Waals surface area contributed by atoms with E-state index in [2.05, 4.69) is 40.4 Å². The smallest absolute Gasteiger partial charge is 0.127 e. The molecule has 0 radical (unpaired) electrons. The molecule has 1 atom stereocenters. The van der Waals surface area contributed by atoms with E-state index >= 15 is 0 Å². The van der Waals surface area contributed by atoms with Gasteiger partial charge in [-0.25, -0.2) is 4.98 Å². The summed E-state index contributed by atoms with van der Waals surface area (Å²) >= 11 is 0. The molecular weight excluding hydrogens is 252 g/mol. The Morgan fingerprint density at radius 2 is 2.20 bits per heavy atom. The molecule has 0 aliphatic carbocycles. The summed E-state index contributed by atoms with van der Waals surface area (Å²) in [5.41, 5.74) is 1.12. The van der Waals surface area contributed by atoms with E-state index < -0.39 is 0 Å². The fourth-order valence-electron chi connectivity index (χ4n) is 2.37. The number of nitrogens with one attached hydrogen (secondary N) is 2. The molecule has 1 aromatic rings. The van der Waals surface area contributed by atoms with Crippen molar-refractivity contribution in [3.05, 3.63) is 18.3 Å². The minimum absolute atomic E-state index is 0.412. The van der Waals surface area contributed by atoms with Crippen molar-refractivity contribution in [1.82, 2.24) is 9.88 Å². The lowest BCUT2D eigenvalue weighted by Gasteiger charge is -2.29. The second-order valence-corrected chi connectivity index (χ2v) is 5.31. The molecule has 2 heterocycles. The van der Waals surface area contributed by atoms with Crippen molar-refractivity contribution in [2.45, 2.75) is 26.3 Å². The number of morpholine rings is 1. The number of rotatable bonds is 7. The highest BCUT2D eigenvalue weighted by atomic mass is 16.5. The topological polar surface area (TPSA) is 49.4 Å². The summed E-state index contributed by atoms with van der Waals surface area (Å²) in [6.45, 7) is 10.1. The van der Waals surface area contributed by atoms with E-state index in [1.165, 1.54) is 0 Å². The highest BCUT2D eigenvalue weighted by molar-refractivity contribution is 5.52. The van der Waals surface area contributed by atoms with Gasteiger partial charge in [-0.1, -0.05) is 6.92 Å². The van der Waals surface area contributed by atoms with Crippen LogP contribution in [0.15, 0.2) is 18.3 Å². The Morgan fingerprint density at radius 1 is 1.40 bits per heavy atom. The van der Waals surface area contributed by atoms with Crippen LogP contribution in [0.2, 0.25) is 0 Å². The first-order chi connectivity index (χ1) is 9.78. The zero-order chi connectivity index (χ0) is 14.2. The molecule has 5 nitrogen and oxygen atoms in total. The number of hydrogen-bond acceptors (Lipinski definition) is 5. The number of hydrogen-bond donors (Lipinski definition) is 2. The summed E-state index contributed by atoms with van der Waals surface area (Å²) in [6, 6.07) is 4.51. The summed E-state index contributed by atoms with van der Waals surface area (Å²) in [5, 5.41) is 6.85. The van der Waals surface area contributed by atoms with Gasteiger partial charge >= 0.3 is 0 Å². The van der Waals surface area contributed by atoms with Crippen LogP contribution < -0.4 is 10.6 Å². The number of aromatic nitrogens is 1. The van der Waals surface area contributed by atoms with Gasteiger partial charge in [-0.2, -0.15) is 0 Å². The summed E-state index contributed by atoms with van der Waals surface area (Å²) < 4.78 is 5.37. The van der Waals surface area contributed by atoms with Crippen LogP contribution in [0.3, 0.4) is 0 Å². The van der Waals surface area contributed by atoms with Gasteiger partial charge in [0, 0.05) is 50.2 Å². The standard InChI is InChI=1S/C15H26N4O/c1-3-5-16-15-11-14(4-6-17-15)18-13(2)12-19-7-9-20-10-8-19/h4,6,11,13H,3,5,7-10,12H2,1-2H3,(H2,16,17,18). The van der Waals surface area contributed by atoms with Crippen LogP contribution in [0.25, 0.3) is 0 Å². The maximum absolute atomic E-state index is 5.37. The van der Waals surface area contributed by atoms with E-state index in [0.29, 0.717) is 6.04 Å². The molecule has 2 rings (SSSR count). The zero-order valence-corrected chi connectivity index (χ0v) is 12.6. The predicted molar refractivity (Wildman–Crippen MR) is 83.4 cm³/mol. The zero-order valence-electron chi connectivity index (χ0n) is 12.6. The van der Waals surface area contributed by atoms with E-state index in [-0.39, 0.29) is 0 Å². The quantitative estimate of drug-likeness (QED) is 0.799. The van der Waals surface area contributed by atoms with Crippen LogP contribution in [0.5, 0.6) is 0 Å². The first-order valence-corrected chi connectivity index (χ1v) is 7.54. The second kappa shape index (κ2) is 8.07. The van der Waals surface area contributed by atoms with E-state index in [4.69, 9.17) is 4.74 Å². The van der Waals surface area contributed by atoms with Crippen molar-refractivity contribution in [2.24, 2.45) is 0 Å². The van der Waals surface area contributed by atoms with Crippen molar-refractivity contribution in [3.8, 4) is 0 Å². The van der Waals surface area contributed by atoms with Gasteiger partial charge in [0.15, 0.2) is 0 Å². The normalized spacial score (nSPS) is 17.7. The first-order valence-electron chi connectivity index (χ1n) is 7.54. The average Bonchev–Trinajstić information content (AvgIpc) is 2.46. The SMILES string of the molecule is CCCNc1cc(NC(C)CN2CCOCC2)ccn1. The minimum Gasteiger partial charge on any atom is -0.381 e. The average molecular weight is 278 g/mol. The third kappa shape index (κ3) is 4.98. The van der Waals surface area contributed by atoms with Crippen LogP contribution in [-0.4, -0.2) is 55.3 Å². The van der Waals surface area contributed by atoms with Gasteiger partial charge in [0.25, 0.3) is 0 Å². The molecule has 20 heavy (non-hydrogen) atoms. The molecule has 1 saturated heterocycles. The summed E-state index contributed by atoms with van der Waals surface area (Å²) in [7, 11) is 0. The van der Waals surface area contributed by atoms with E-state index in [1.54, 1.807) is 0 Å². The van der Waals surface area contributed by atoms with Crippen LogP contribution in [0.4, 0.5) is 11.5 Å². The molecule has 1 fully saturated rings. The number of nitrogens with zero attached hydrogens (tertiary/aromatic N) is 2. The van der Waals surface area contributed by atoms with Gasteiger partial charge < -0.3 is 15.4 Å². The first kappa shape index (κ1) is 15.1. The van der Waals surface area contributed by atoms with E-state index in [0.717, 1.165) is 57.3 Å². The van der Waals surface area contributed by atoms with Crippen molar-refractivity contribution in [3.63, 3.8) is 0 Å². The Labute approximate surface area is 121 Å². The van der Waals surface area contributed by atoms with E-state index in [9.17, 15) is 0 Å². The number of anilines is 2. The van der Waals surface area contributed by atoms with Crippen molar-refractivity contribution < 1.29 is 4.74 Å². The molecule has 0 aromatic carbocycles. The Hall–Kier alpha value is -1.33. The molecule has 112 valence electrons. The summed E-state index contributed by atoms with van der Waals surface area (Å²) in [5.74, 6) is 0.940. The maximum atomic E-state index is 5.37. The van der Waals surface area contributed by atoms with Gasteiger partial charge in [-0.3, -0.25) is 4.90 Å². The Bertz CT molecular complexity index is 393. The van der Waals surface area contributed by atoms with Gasteiger partial charge in [0.2, 0.25) is 0 Å². The molecule has 0 saturated carbocycles. The lowest BCUT2D eigenvalue weighted by molar-refractivity contribution is 0.0368. The molecule has 2 N–H and O–H groups in total. The molecule has 0 spiro atoms. The monoisotopic (exact) mass is 278 g/mol. The van der Waals surface area contributed by atoms with Crippen molar-refractivity contribution in [2.75, 3.05) is 50.0 Å². The van der Waals surface area contributed by atoms with Gasteiger partial charge in [-0.05, 0) is 19.4 Å². The lowest BCUT2D eigenvalue weighted by Crippen LogP contribution is -2.42. The molecular formula is C15H26N4O. The van der Waals surface area contributed by atoms with Crippen LogP contribution in [0, 0.1) is 0 Å². The van der Waals surface area contributed by atoms with Gasteiger partial charge in [0.1, 0.15) is 5.82 Å². The van der Waals surface area contributed by atoms with Gasteiger partial charge in [-0.15, -0.1) is 0 Å². The Kier molecular flexibility index (Phi) is 6.08.